The zero-order valence-corrected chi connectivity index (χ0v) is 21.1. The summed E-state index contributed by atoms with van der Waals surface area (Å²) in [5, 5.41) is 4.74. The van der Waals surface area contributed by atoms with Crippen LogP contribution in [0.15, 0.2) is 75.1 Å². The average Bonchev–Trinajstić information content (AvgIpc) is 3.37. The van der Waals surface area contributed by atoms with E-state index in [0.29, 0.717) is 25.1 Å². The molecule has 0 radical (unpaired) electrons. The van der Waals surface area contributed by atoms with Gasteiger partial charge in [0, 0.05) is 18.8 Å². The molecule has 0 saturated carbocycles. The van der Waals surface area contributed by atoms with Crippen molar-refractivity contribution < 1.29 is 21.6 Å². The number of nitrogens with one attached hydrogen (secondary N) is 2. The van der Waals surface area contributed by atoms with Gasteiger partial charge in [-0.2, -0.15) is 4.31 Å². The molecular formula is C22H22ClN3O5S3. The molecule has 0 spiro atoms. The first-order valence-corrected chi connectivity index (χ1v) is 14.6. The van der Waals surface area contributed by atoms with Crippen LogP contribution in [0.1, 0.15) is 12.8 Å². The van der Waals surface area contributed by atoms with E-state index in [4.69, 9.17) is 11.6 Å². The van der Waals surface area contributed by atoms with Crippen LogP contribution in [0, 0.1) is 5.92 Å². The van der Waals surface area contributed by atoms with E-state index in [0.717, 1.165) is 11.3 Å². The van der Waals surface area contributed by atoms with Crippen molar-refractivity contribution in [1.82, 2.24) is 4.31 Å². The smallest absolute Gasteiger partial charge is 0.261 e. The van der Waals surface area contributed by atoms with Crippen LogP contribution in [0.4, 0.5) is 11.4 Å². The molecule has 4 rings (SSSR count). The van der Waals surface area contributed by atoms with Crippen LogP contribution in [-0.4, -0.2) is 40.1 Å². The van der Waals surface area contributed by atoms with Crippen molar-refractivity contribution in [3.8, 4) is 0 Å². The quantitative estimate of drug-likeness (QED) is 0.466. The van der Waals surface area contributed by atoms with Crippen LogP contribution in [0.2, 0.25) is 5.02 Å². The van der Waals surface area contributed by atoms with Gasteiger partial charge in [0.05, 0.1) is 21.5 Å². The minimum atomic E-state index is -3.87. The second kappa shape index (κ2) is 10.0. The molecule has 180 valence electrons. The third-order valence-electron chi connectivity index (χ3n) is 5.39. The fourth-order valence-corrected chi connectivity index (χ4v) is 7.61. The van der Waals surface area contributed by atoms with Gasteiger partial charge in [0.25, 0.3) is 20.0 Å². The lowest BCUT2D eigenvalue weighted by atomic mass is 9.99. The lowest BCUT2D eigenvalue weighted by Gasteiger charge is -2.30. The van der Waals surface area contributed by atoms with Crippen molar-refractivity contribution in [3.05, 3.63) is 71.1 Å². The summed E-state index contributed by atoms with van der Waals surface area (Å²) in [7, 11) is -7.49. The molecule has 0 aliphatic carbocycles. The molecule has 2 heterocycles. The molecule has 0 unspecified atom stereocenters. The lowest BCUT2D eigenvalue weighted by Crippen LogP contribution is -2.43. The zero-order chi connectivity index (χ0) is 24.3. The van der Waals surface area contributed by atoms with E-state index in [1.54, 1.807) is 41.8 Å². The number of anilines is 2. The highest BCUT2D eigenvalue weighted by molar-refractivity contribution is 7.92. The van der Waals surface area contributed by atoms with Crippen LogP contribution >= 0.6 is 22.9 Å². The van der Waals surface area contributed by atoms with Gasteiger partial charge in [-0.15, -0.1) is 11.3 Å². The van der Waals surface area contributed by atoms with Crippen molar-refractivity contribution in [2.45, 2.75) is 21.9 Å². The highest BCUT2D eigenvalue weighted by Gasteiger charge is 2.33. The topological polar surface area (TPSA) is 113 Å². The second-order valence-electron chi connectivity index (χ2n) is 7.73. The van der Waals surface area contributed by atoms with Crippen LogP contribution in [0.5, 0.6) is 0 Å². The van der Waals surface area contributed by atoms with Gasteiger partial charge in [0.1, 0.15) is 4.21 Å². The van der Waals surface area contributed by atoms with Gasteiger partial charge >= 0.3 is 0 Å². The van der Waals surface area contributed by atoms with Gasteiger partial charge in [-0.05, 0) is 60.7 Å². The standard InChI is InChI=1S/C22H22ClN3O5S3/c23-19-6-1-2-7-20(19)25-33(28,29)18-11-9-17(10-12-18)24-22(27)16-5-3-13-26(15-16)34(30,31)21-8-4-14-32-21/h1-2,4,6-12,14,16,25H,3,5,13,15H2,(H,24,27)/t16-/m1/s1. The van der Waals surface area contributed by atoms with E-state index in [1.165, 1.54) is 28.6 Å². The number of carbonyl (C=O) groups excluding carboxylic acids is 1. The average molecular weight is 540 g/mol. The van der Waals surface area contributed by atoms with E-state index in [9.17, 15) is 21.6 Å². The summed E-state index contributed by atoms with van der Waals surface area (Å²) in [6.07, 6.45) is 1.14. The zero-order valence-electron chi connectivity index (χ0n) is 17.8. The fourth-order valence-electron chi connectivity index (χ4n) is 3.62. The maximum atomic E-state index is 12.8. The monoisotopic (exact) mass is 539 g/mol. The molecule has 3 aromatic rings. The van der Waals surface area contributed by atoms with Crippen molar-refractivity contribution in [3.63, 3.8) is 0 Å². The van der Waals surface area contributed by atoms with Gasteiger partial charge in [0.2, 0.25) is 5.91 Å². The molecule has 0 bridgehead atoms. The summed E-state index contributed by atoms with van der Waals surface area (Å²) in [6.45, 7) is 0.468. The summed E-state index contributed by atoms with van der Waals surface area (Å²) in [5.41, 5.74) is 0.681. The minimum Gasteiger partial charge on any atom is -0.326 e. The first-order chi connectivity index (χ1) is 16.2. The Hall–Kier alpha value is -2.44. The Balaban J connectivity index is 1.41. The van der Waals surface area contributed by atoms with E-state index in [2.05, 4.69) is 10.0 Å². The molecule has 1 aliphatic rings. The molecule has 2 N–H and O–H groups in total. The third-order valence-corrected chi connectivity index (χ3v) is 10.3. The number of hydrogen-bond donors (Lipinski definition) is 2. The normalized spacial score (nSPS) is 17.3. The second-order valence-corrected chi connectivity index (χ2v) is 12.9. The number of thiophene rings is 1. The SMILES string of the molecule is O=C(Nc1ccc(S(=O)(=O)Nc2ccccc2Cl)cc1)[C@@H]1CCCN(S(=O)(=O)c2cccs2)C1. The highest BCUT2D eigenvalue weighted by Crippen LogP contribution is 2.28. The number of benzene rings is 2. The van der Waals surface area contributed by atoms with Crippen LogP contribution in [-0.2, 0) is 24.8 Å². The Morgan fingerprint density at radius 1 is 1.00 bits per heavy atom. The summed E-state index contributed by atoms with van der Waals surface area (Å²) in [4.78, 5) is 12.8. The first-order valence-electron chi connectivity index (χ1n) is 10.4. The molecule has 1 amide bonds. The van der Waals surface area contributed by atoms with Gasteiger partial charge in [-0.1, -0.05) is 29.8 Å². The Morgan fingerprint density at radius 3 is 2.41 bits per heavy atom. The van der Waals surface area contributed by atoms with Crippen molar-refractivity contribution >= 4 is 60.3 Å². The third kappa shape index (κ3) is 5.44. The summed E-state index contributed by atoms with van der Waals surface area (Å²) in [6, 6.07) is 15.5. The number of hydrogen-bond acceptors (Lipinski definition) is 6. The van der Waals surface area contributed by atoms with E-state index < -0.39 is 26.0 Å². The molecule has 2 aromatic carbocycles. The van der Waals surface area contributed by atoms with Crippen LogP contribution < -0.4 is 10.0 Å². The predicted octanol–water partition coefficient (Wildman–Crippen LogP) is 4.24. The van der Waals surface area contributed by atoms with E-state index >= 15 is 0 Å². The number of amides is 1. The van der Waals surface area contributed by atoms with E-state index in [1.807, 2.05) is 0 Å². The molecule has 1 aromatic heterocycles. The molecule has 1 fully saturated rings. The molecule has 1 saturated heterocycles. The Kier molecular flexibility index (Phi) is 7.29. The summed E-state index contributed by atoms with van der Waals surface area (Å²) >= 11 is 7.17. The number of rotatable bonds is 7. The molecule has 34 heavy (non-hydrogen) atoms. The number of carbonyl (C=O) groups is 1. The number of sulfonamides is 2. The Morgan fingerprint density at radius 2 is 1.74 bits per heavy atom. The molecular weight excluding hydrogens is 518 g/mol. The molecule has 8 nitrogen and oxygen atoms in total. The Bertz CT molecular complexity index is 1380. The number of halogens is 1. The van der Waals surface area contributed by atoms with Gasteiger partial charge in [-0.25, -0.2) is 16.8 Å². The molecule has 1 aliphatic heterocycles. The number of nitrogens with zero attached hydrogens (tertiary/aromatic N) is 1. The fraction of sp³-hybridized carbons (Fsp3) is 0.227. The maximum absolute atomic E-state index is 12.8. The molecule has 1 atom stereocenters. The van der Waals surface area contributed by atoms with Crippen LogP contribution in [0.3, 0.4) is 0 Å². The van der Waals surface area contributed by atoms with Crippen molar-refractivity contribution in [2.24, 2.45) is 5.92 Å². The largest absolute Gasteiger partial charge is 0.326 e. The van der Waals surface area contributed by atoms with Gasteiger partial charge in [-0.3, -0.25) is 9.52 Å². The van der Waals surface area contributed by atoms with Crippen LogP contribution in [0.25, 0.3) is 0 Å². The maximum Gasteiger partial charge on any atom is 0.261 e. The number of para-hydroxylation sites is 1. The van der Waals surface area contributed by atoms with Crippen molar-refractivity contribution in [2.75, 3.05) is 23.1 Å². The lowest BCUT2D eigenvalue weighted by molar-refractivity contribution is -0.120. The predicted molar refractivity (Wildman–Crippen MR) is 133 cm³/mol. The Labute approximate surface area is 207 Å². The highest BCUT2D eigenvalue weighted by atomic mass is 35.5. The van der Waals surface area contributed by atoms with Crippen molar-refractivity contribution in [1.29, 1.82) is 0 Å². The summed E-state index contributed by atoms with van der Waals surface area (Å²) < 4.78 is 54.9. The number of piperidine rings is 1. The van der Waals surface area contributed by atoms with Gasteiger partial charge < -0.3 is 5.32 Å². The summed E-state index contributed by atoms with van der Waals surface area (Å²) in [5.74, 6) is -0.815. The first kappa shape index (κ1) is 24.7. The molecule has 12 heteroatoms. The van der Waals surface area contributed by atoms with Gasteiger partial charge in [0.15, 0.2) is 0 Å². The van der Waals surface area contributed by atoms with E-state index in [-0.39, 0.29) is 32.3 Å². The minimum absolute atomic E-state index is 0.0105.